The highest BCUT2D eigenvalue weighted by Gasteiger charge is 2.22. The zero-order valence-corrected chi connectivity index (χ0v) is 10.2. The minimum Gasteiger partial charge on any atom is -0.481 e. The molecular weight excluding hydrogens is 226 g/mol. The highest BCUT2D eigenvalue weighted by molar-refractivity contribution is 5.88. The Labute approximate surface area is 105 Å². The molecule has 0 spiro atoms. The van der Waals surface area contributed by atoms with Crippen LogP contribution in [0, 0.1) is 5.92 Å². The predicted octanol–water partition coefficient (Wildman–Crippen LogP) is 3.22. The summed E-state index contributed by atoms with van der Waals surface area (Å²) in [5, 5.41) is 10.3. The van der Waals surface area contributed by atoms with Crippen LogP contribution in [0.3, 0.4) is 0 Å². The van der Waals surface area contributed by atoms with Crippen LogP contribution in [-0.2, 0) is 11.2 Å². The Hall–Kier alpha value is -2.03. The SMILES string of the molecule is CC(C(=O)O)C1=Cc2[nH]c3ccccc3c2CC1. The van der Waals surface area contributed by atoms with Gasteiger partial charge in [-0.05, 0) is 37.5 Å². The number of aryl methyl sites for hydroxylation is 1. The molecule has 0 amide bonds. The molecule has 1 atom stereocenters. The first-order valence-corrected chi connectivity index (χ1v) is 6.19. The first kappa shape index (κ1) is 11.1. The molecule has 1 aliphatic carbocycles. The minimum absolute atomic E-state index is 0.399. The summed E-state index contributed by atoms with van der Waals surface area (Å²) in [6, 6.07) is 8.22. The molecule has 0 radical (unpaired) electrons. The number of hydrogen-bond acceptors (Lipinski definition) is 1. The van der Waals surface area contributed by atoms with E-state index in [2.05, 4.69) is 17.1 Å². The third-order valence-corrected chi connectivity index (χ3v) is 3.77. The predicted molar refractivity (Wildman–Crippen MR) is 71.4 cm³/mol. The van der Waals surface area contributed by atoms with E-state index in [4.69, 9.17) is 5.11 Å². The lowest BCUT2D eigenvalue weighted by atomic mass is 9.88. The molecule has 3 rings (SSSR count). The van der Waals surface area contributed by atoms with Crippen LogP contribution in [0.2, 0.25) is 0 Å². The Kier molecular flexibility index (Phi) is 2.47. The van der Waals surface area contributed by atoms with E-state index in [0.29, 0.717) is 0 Å². The van der Waals surface area contributed by atoms with Crippen LogP contribution in [0.4, 0.5) is 0 Å². The summed E-state index contributed by atoms with van der Waals surface area (Å²) in [6.07, 6.45) is 3.77. The van der Waals surface area contributed by atoms with Crippen molar-refractivity contribution in [2.24, 2.45) is 5.92 Å². The monoisotopic (exact) mass is 241 g/mol. The van der Waals surface area contributed by atoms with E-state index in [1.165, 1.54) is 10.9 Å². The highest BCUT2D eigenvalue weighted by atomic mass is 16.4. The molecule has 3 nitrogen and oxygen atoms in total. The van der Waals surface area contributed by atoms with Crippen molar-refractivity contribution < 1.29 is 9.90 Å². The topological polar surface area (TPSA) is 53.1 Å². The molecule has 0 saturated heterocycles. The minimum atomic E-state index is -0.749. The lowest BCUT2D eigenvalue weighted by Crippen LogP contribution is -2.14. The zero-order chi connectivity index (χ0) is 12.7. The fourth-order valence-corrected chi connectivity index (χ4v) is 2.64. The lowest BCUT2D eigenvalue weighted by molar-refractivity contribution is -0.139. The van der Waals surface area contributed by atoms with E-state index < -0.39 is 11.9 Å². The van der Waals surface area contributed by atoms with Gasteiger partial charge in [0, 0.05) is 16.6 Å². The highest BCUT2D eigenvalue weighted by Crippen LogP contribution is 2.32. The maximum Gasteiger partial charge on any atom is 0.310 e. The van der Waals surface area contributed by atoms with Gasteiger partial charge < -0.3 is 10.1 Å². The van der Waals surface area contributed by atoms with Crippen molar-refractivity contribution >= 4 is 22.9 Å². The van der Waals surface area contributed by atoms with Crippen molar-refractivity contribution in [3.05, 3.63) is 41.1 Å². The number of rotatable bonds is 2. The second-order valence-electron chi connectivity index (χ2n) is 4.84. The molecule has 1 aromatic heterocycles. The molecule has 1 heterocycles. The fraction of sp³-hybridized carbons (Fsp3) is 0.267. The standard InChI is InChI=1S/C15H15NO2/c1-9(15(17)18)10-6-7-12-11-4-2-3-5-13(11)16-14(12)8-10/h2-5,8-9,16H,6-7H2,1H3,(H,17,18). The molecule has 0 aliphatic heterocycles. The van der Waals surface area contributed by atoms with Crippen LogP contribution in [0.5, 0.6) is 0 Å². The van der Waals surface area contributed by atoms with Gasteiger partial charge in [-0.1, -0.05) is 23.8 Å². The van der Waals surface area contributed by atoms with Crippen molar-refractivity contribution in [1.82, 2.24) is 4.98 Å². The van der Waals surface area contributed by atoms with Crippen molar-refractivity contribution in [1.29, 1.82) is 0 Å². The van der Waals surface area contributed by atoms with E-state index in [1.807, 2.05) is 18.2 Å². The summed E-state index contributed by atoms with van der Waals surface area (Å²) in [5.41, 5.74) is 4.52. The van der Waals surface area contributed by atoms with E-state index >= 15 is 0 Å². The van der Waals surface area contributed by atoms with Gasteiger partial charge in [0.05, 0.1) is 5.92 Å². The number of H-pyrrole nitrogens is 1. The Bertz CT molecular complexity index is 652. The molecule has 1 unspecified atom stereocenters. The van der Waals surface area contributed by atoms with Crippen molar-refractivity contribution in [3.63, 3.8) is 0 Å². The number of nitrogens with one attached hydrogen (secondary N) is 1. The first-order valence-electron chi connectivity index (χ1n) is 6.19. The largest absolute Gasteiger partial charge is 0.481 e. The van der Waals surface area contributed by atoms with Gasteiger partial charge in [0.15, 0.2) is 0 Å². The quantitative estimate of drug-likeness (QED) is 0.848. The molecule has 1 aliphatic rings. The molecule has 0 bridgehead atoms. The molecular formula is C15H15NO2. The molecule has 0 fully saturated rings. The Balaban J connectivity index is 2.10. The average molecular weight is 241 g/mol. The maximum absolute atomic E-state index is 11.0. The molecule has 0 saturated carbocycles. The van der Waals surface area contributed by atoms with Gasteiger partial charge in [-0.2, -0.15) is 0 Å². The number of aliphatic carboxylic acids is 1. The van der Waals surface area contributed by atoms with E-state index in [0.717, 1.165) is 29.6 Å². The maximum atomic E-state index is 11.0. The van der Waals surface area contributed by atoms with E-state index in [-0.39, 0.29) is 0 Å². The molecule has 18 heavy (non-hydrogen) atoms. The Morgan fingerprint density at radius 3 is 2.89 bits per heavy atom. The lowest BCUT2D eigenvalue weighted by Gasteiger charge is -2.16. The number of aromatic nitrogens is 1. The van der Waals surface area contributed by atoms with Crippen molar-refractivity contribution in [2.45, 2.75) is 19.8 Å². The number of carbonyl (C=O) groups is 1. The van der Waals surface area contributed by atoms with Crippen LogP contribution in [-0.4, -0.2) is 16.1 Å². The van der Waals surface area contributed by atoms with Crippen molar-refractivity contribution in [3.8, 4) is 0 Å². The Morgan fingerprint density at radius 1 is 1.33 bits per heavy atom. The Morgan fingerprint density at radius 2 is 2.11 bits per heavy atom. The van der Waals surface area contributed by atoms with E-state index in [9.17, 15) is 4.79 Å². The van der Waals surface area contributed by atoms with Crippen LogP contribution in [0.15, 0.2) is 29.8 Å². The zero-order valence-electron chi connectivity index (χ0n) is 10.2. The summed E-state index contributed by atoms with van der Waals surface area (Å²) in [4.78, 5) is 14.4. The van der Waals surface area contributed by atoms with Gasteiger partial charge in [0.2, 0.25) is 0 Å². The molecule has 2 aromatic rings. The van der Waals surface area contributed by atoms with E-state index in [1.54, 1.807) is 6.92 Å². The summed E-state index contributed by atoms with van der Waals surface area (Å²) < 4.78 is 0. The molecule has 2 N–H and O–H groups in total. The summed E-state index contributed by atoms with van der Waals surface area (Å²) in [7, 11) is 0. The number of hydrogen-bond donors (Lipinski definition) is 2. The van der Waals surface area contributed by atoms with Crippen LogP contribution in [0.25, 0.3) is 17.0 Å². The second-order valence-corrected chi connectivity index (χ2v) is 4.84. The smallest absolute Gasteiger partial charge is 0.310 e. The summed E-state index contributed by atoms with van der Waals surface area (Å²) >= 11 is 0. The van der Waals surface area contributed by atoms with Gasteiger partial charge >= 0.3 is 5.97 Å². The van der Waals surface area contributed by atoms with Gasteiger partial charge in [-0.3, -0.25) is 4.79 Å². The molecule has 3 heteroatoms. The summed E-state index contributed by atoms with van der Waals surface area (Å²) in [6.45, 7) is 1.75. The van der Waals surface area contributed by atoms with Gasteiger partial charge in [0.1, 0.15) is 0 Å². The number of carboxylic acid groups (broad SMARTS) is 1. The first-order chi connectivity index (χ1) is 8.66. The van der Waals surface area contributed by atoms with Gasteiger partial charge in [0.25, 0.3) is 0 Å². The average Bonchev–Trinajstić information content (AvgIpc) is 2.75. The summed E-state index contributed by atoms with van der Waals surface area (Å²) in [5.74, 6) is -1.15. The second kappa shape index (κ2) is 4.02. The van der Waals surface area contributed by atoms with Gasteiger partial charge in [-0.25, -0.2) is 0 Å². The number of carboxylic acids is 1. The van der Waals surface area contributed by atoms with Crippen molar-refractivity contribution in [2.75, 3.05) is 0 Å². The fourth-order valence-electron chi connectivity index (χ4n) is 2.64. The third-order valence-electron chi connectivity index (χ3n) is 3.77. The number of fused-ring (bicyclic) bond motifs is 3. The van der Waals surface area contributed by atoms with Crippen LogP contribution in [0.1, 0.15) is 24.6 Å². The van der Waals surface area contributed by atoms with Gasteiger partial charge in [-0.15, -0.1) is 0 Å². The number of benzene rings is 1. The molecule has 92 valence electrons. The number of aromatic amines is 1. The third kappa shape index (κ3) is 1.63. The van der Waals surface area contributed by atoms with Crippen LogP contribution < -0.4 is 0 Å². The number of para-hydroxylation sites is 1. The normalized spacial score (nSPS) is 16.2. The van der Waals surface area contributed by atoms with Crippen LogP contribution >= 0.6 is 0 Å². The molecule has 1 aromatic carbocycles.